The van der Waals surface area contributed by atoms with Crippen LogP contribution < -0.4 is 10.6 Å². The molecule has 0 heterocycles. The van der Waals surface area contributed by atoms with Crippen molar-refractivity contribution in [2.75, 3.05) is 11.9 Å². The number of fused-ring (bicyclic) bond motifs is 3. The molecule has 3 N–H and O–H groups in total. The number of ether oxygens (including phenoxy) is 1. The minimum absolute atomic E-state index is 0.000392. The van der Waals surface area contributed by atoms with Crippen molar-refractivity contribution in [1.82, 2.24) is 5.32 Å². The smallest absolute Gasteiger partial charge is 0.407 e. The van der Waals surface area contributed by atoms with Gasteiger partial charge in [0.05, 0.1) is 11.3 Å². The molecule has 3 aromatic rings. The largest absolute Gasteiger partial charge is 0.478 e. The fourth-order valence-corrected chi connectivity index (χ4v) is 4.28. The van der Waals surface area contributed by atoms with Gasteiger partial charge in [0, 0.05) is 18.4 Å². The second-order valence-corrected chi connectivity index (χ2v) is 8.45. The van der Waals surface area contributed by atoms with Crippen molar-refractivity contribution < 1.29 is 28.6 Å². The van der Waals surface area contributed by atoms with E-state index < -0.39 is 23.8 Å². The highest BCUT2D eigenvalue weighted by Gasteiger charge is 2.29. The molecular formula is C27H25FN2O5. The van der Waals surface area contributed by atoms with E-state index >= 15 is 0 Å². The summed E-state index contributed by atoms with van der Waals surface area (Å²) in [5.41, 5.74) is 4.19. The van der Waals surface area contributed by atoms with Gasteiger partial charge in [-0.15, -0.1) is 0 Å². The molecule has 7 nitrogen and oxygen atoms in total. The Balaban J connectivity index is 1.27. The zero-order valence-electron chi connectivity index (χ0n) is 19.1. The number of carbonyl (C=O) groups is 3. The van der Waals surface area contributed by atoms with E-state index in [-0.39, 0.29) is 42.7 Å². The fourth-order valence-electron chi connectivity index (χ4n) is 4.28. The highest BCUT2D eigenvalue weighted by Crippen LogP contribution is 2.44. The number of halogens is 1. The minimum atomic E-state index is -1.27. The summed E-state index contributed by atoms with van der Waals surface area (Å²) in [7, 11) is 0. The first-order chi connectivity index (χ1) is 16.8. The van der Waals surface area contributed by atoms with Crippen LogP contribution in [0.5, 0.6) is 0 Å². The molecule has 0 aliphatic heterocycles. The molecule has 0 saturated heterocycles. The molecule has 0 fully saturated rings. The van der Waals surface area contributed by atoms with Crippen LogP contribution in [0.4, 0.5) is 14.9 Å². The van der Waals surface area contributed by atoms with Gasteiger partial charge in [0.1, 0.15) is 12.4 Å². The Hall–Kier alpha value is -4.20. The minimum Gasteiger partial charge on any atom is -0.478 e. The van der Waals surface area contributed by atoms with Crippen molar-refractivity contribution in [2.45, 2.75) is 31.7 Å². The van der Waals surface area contributed by atoms with Crippen molar-refractivity contribution in [3.63, 3.8) is 0 Å². The Bertz CT molecular complexity index is 1230. The molecule has 0 bridgehead atoms. The van der Waals surface area contributed by atoms with Crippen LogP contribution in [0.1, 0.15) is 47.2 Å². The number of nitrogens with one attached hydrogen (secondary N) is 2. The lowest BCUT2D eigenvalue weighted by atomic mass is 9.98. The monoisotopic (exact) mass is 476 g/mol. The SMILES string of the molecule is CC(CCC(=O)Nc1cc(F)ccc1C(=O)O)NC(=O)OCC1c2ccccc2-c2ccccc21. The lowest BCUT2D eigenvalue weighted by Crippen LogP contribution is -2.34. The van der Waals surface area contributed by atoms with Crippen LogP contribution in [-0.4, -0.2) is 35.7 Å². The van der Waals surface area contributed by atoms with Gasteiger partial charge in [0.25, 0.3) is 0 Å². The number of carboxylic acids is 1. The summed E-state index contributed by atoms with van der Waals surface area (Å²) < 4.78 is 19.0. The van der Waals surface area contributed by atoms with Gasteiger partial charge in [-0.1, -0.05) is 48.5 Å². The number of anilines is 1. The maximum absolute atomic E-state index is 13.5. The number of amides is 2. The number of aromatic carboxylic acids is 1. The summed E-state index contributed by atoms with van der Waals surface area (Å²) in [6, 6.07) is 18.8. The van der Waals surface area contributed by atoms with Gasteiger partial charge in [-0.25, -0.2) is 14.0 Å². The molecule has 0 aromatic heterocycles. The van der Waals surface area contributed by atoms with E-state index in [2.05, 4.69) is 22.8 Å². The van der Waals surface area contributed by atoms with Gasteiger partial charge in [-0.3, -0.25) is 4.79 Å². The maximum atomic E-state index is 13.5. The fraction of sp³-hybridized carbons (Fsp3) is 0.222. The van der Waals surface area contributed by atoms with Crippen LogP contribution in [0.25, 0.3) is 11.1 Å². The predicted octanol–water partition coefficient (Wildman–Crippen LogP) is 5.17. The summed E-state index contributed by atoms with van der Waals surface area (Å²) in [5, 5.41) is 14.3. The van der Waals surface area contributed by atoms with E-state index in [0.29, 0.717) is 0 Å². The Labute approximate surface area is 201 Å². The van der Waals surface area contributed by atoms with Crippen molar-refractivity contribution in [3.8, 4) is 11.1 Å². The molecule has 1 aliphatic carbocycles. The first-order valence-corrected chi connectivity index (χ1v) is 11.3. The van der Waals surface area contributed by atoms with E-state index in [1.165, 1.54) is 0 Å². The van der Waals surface area contributed by atoms with Gasteiger partial charge in [0.2, 0.25) is 5.91 Å². The molecule has 2 amide bonds. The van der Waals surface area contributed by atoms with Gasteiger partial charge >= 0.3 is 12.1 Å². The Kier molecular flexibility index (Phi) is 7.10. The predicted molar refractivity (Wildman–Crippen MR) is 129 cm³/mol. The van der Waals surface area contributed by atoms with Gasteiger partial charge < -0.3 is 20.5 Å². The molecule has 1 atom stereocenters. The molecule has 0 radical (unpaired) electrons. The second kappa shape index (κ2) is 10.4. The molecule has 0 spiro atoms. The molecule has 0 saturated carbocycles. The van der Waals surface area contributed by atoms with Crippen molar-refractivity contribution in [3.05, 3.63) is 89.2 Å². The third kappa shape index (κ3) is 5.48. The van der Waals surface area contributed by atoms with Crippen LogP contribution >= 0.6 is 0 Å². The normalized spacial score (nSPS) is 12.9. The maximum Gasteiger partial charge on any atom is 0.407 e. The first-order valence-electron chi connectivity index (χ1n) is 11.3. The average Bonchev–Trinajstić information content (AvgIpc) is 3.15. The van der Waals surface area contributed by atoms with Crippen LogP contribution in [0.15, 0.2) is 66.7 Å². The number of rotatable bonds is 8. The molecule has 3 aromatic carbocycles. The third-order valence-corrected chi connectivity index (χ3v) is 6.00. The summed E-state index contributed by atoms with van der Waals surface area (Å²) in [4.78, 5) is 35.9. The van der Waals surface area contributed by atoms with E-state index in [1.807, 2.05) is 36.4 Å². The Morgan fingerprint density at radius 2 is 1.63 bits per heavy atom. The van der Waals surface area contributed by atoms with Crippen LogP contribution in [-0.2, 0) is 9.53 Å². The van der Waals surface area contributed by atoms with E-state index in [9.17, 15) is 23.9 Å². The number of carboxylic acid groups (broad SMARTS) is 1. The van der Waals surface area contributed by atoms with E-state index in [1.54, 1.807) is 6.92 Å². The molecule has 35 heavy (non-hydrogen) atoms. The standard InChI is InChI=1S/C27H25FN2O5/c1-16(10-13-25(31)30-24-14-17(28)11-12-22(24)26(32)33)29-27(34)35-15-23-20-8-4-2-6-18(20)19-7-3-5-9-21(19)23/h2-9,11-12,14,16,23H,10,13,15H2,1H3,(H,29,34)(H,30,31)(H,32,33). The molecular weight excluding hydrogens is 451 g/mol. The quantitative estimate of drug-likeness (QED) is 0.416. The Morgan fingerprint density at radius 1 is 1.00 bits per heavy atom. The molecule has 4 rings (SSSR count). The third-order valence-electron chi connectivity index (χ3n) is 6.00. The van der Waals surface area contributed by atoms with Crippen molar-refractivity contribution in [1.29, 1.82) is 0 Å². The lowest BCUT2D eigenvalue weighted by molar-refractivity contribution is -0.116. The van der Waals surface area contributed by atoms with Gasteiger partial charge in [-0.2, -0.15) is 0 Å². The number of hydrogen-bond donors (Lipinski definition) is 3. The molecule has 180 valence electrons. The Morgan fingerprint density at radius 3 is 2.26 bits per heavy atom. The van der Waals surface area contributed by atoms with Crippen LogP contribution in [0.3, 0.4) is 0 Å². The summed E-state index contributed by atoms with van der Waals surface area (Å²) in [5.74, 6) is -2.47. The van der Waals surface area contributed by atoms with E-state index in [4.69, 9.17) is 4.74 Å². The van der Waals surface area contributed by atoms with Gasteiger partial charge in [0.15, 0.2) is 0 Å². The molecule has 1 aliphatic rings. The number of hydrogen-bond acceptors (Lipinski definition) is 4. The second-order valence-electron chi connectivity index (χ2n) is 8.45. The van der Waals surface area contributed by atoms with Crippen molar-refractivity contribution in [2.24, 2.45) is 0 Å². The number of benzene rings is 3. The van der Waals surface area contributed by atoms with Crippen LogP contribution in [0.2, 0.25) is 0 Å². The average molecular weight is 477 g/mol. The highest BCUT2D eigenvalue weighted by atomic mass is 19.1. The highest BCUT2D eigenvalue weighted by molar-refractivity contribution is 6.00. The topological polar surface area (TPSA) is 105 Å². The summed E-state index contributed by atoms with van der Waals surface area (Å²) in [6.45, 7) is 1.92. The zero-order chi connectivity index (χ0) is 24.9. The summed E-state index contributed by atoms with van der Waals surface area (Å²) in [6.07, 6.45) is -0.299. The molecule has 8 heteroatoms. The van der Waals surface area contributed by atoms with E-state index in [0.717, 1.165) is 40.5 Å². The van der Waals surface area contributed by atoms with Crippen molar-refractivity contribution >= 4 is 23.7 Å². The first kappa shape index (κ1) is 23.9. The zero-order valence-corrected chi connectivity index (χ0v) is 19.1. The number of alkyl carbamates (subject to hydrolysis) is 1. The number of carbonyl (C=O) groups excluding carboxylic acids is 2. The summed E-state index contributed by atoms with van der Waals surface area (Å²) >= 11 is 0. The lowest BCUT2D eigenvalue weighted by Gasteiger charge is -2.17. The molecule has 1 unspecified atom stereocenters. The van der Waals surface area contributed by atoms with Gasteiger partial charge in [-0.05, 0) is 53.8 Å². The van der Waals surface area contributed by atoms with Crippen LogP contribution in [0, 0.1) is 5.82 Å².